The number of rotatable bonds is 4. The summed E-state index contributed by atoms with van der Waals surface area (Å²) in [5.74, 6) is 0.973. The fourth-order valence-corrected chi connectivity index (χ4v) is 3.66. The highest BCUT2D eigenvalue weighted by Gasteiger charge is 2.28. The van der Waals surface area contributed by atoms with Gasteiger partial charge < -0.3 is 18.7 Å². The molecule has 0 saturated carbocycles. The minimum absolute atomic E-state index is 0.0581. The largest absolute Gasteiger partial charge is 0.726 e. The van der Waals surface area contributed by atoms with E-state index >= 15 is 0 Å². The van der Waals surface area contributed by atoms with Gasteiger partial charge in [-0.15, -0.1) is 0 Å². The summed E-state index contributed by atoms with van der Waals surface area (Å²) in [4.78, 5) is 19.6. The van der Waals surface area contributed by atoms with Gasteiger partial charge in [0.05, 0.1) is 46.0 Å². The zero-order valence-corrected chi connectivity index (χ0v) is 21.0. The molecule has 36 heavy (non-hydrogen) atoms. The van der Waals surface area contributed by atoms with Gasteiger partial charge in [0.2, 0.25) is 10.4 Å². The summed E-state index contributed by atoms with van der Waals surface area (Å²) in [7, 11) is -0.528. The molecule has 0 atom stereocenters. The summed E-state index contributed by atoms with van der Waals surface area (Å²) in [6.07, 6.45) is 0. The number of likely N-dealkylation sites (N-methyl/N-ethyl adjacent to an activating group) is 1. The van der Waals surface area contributed by atoms with Crippen LogP contribution in [0, 0.1) is 12.7 Å². The zero-order valence-electron chi connectivity index (χ0n) is 20.2. The molecule has 1 N–H and O–H groups in total. The fourth-order valence-electron chi connectivity index (χ4n) is 3.66. The van der Waals surface area contributed by atoms with E-state index in [4.69, 9.17) is 22.3 Å². The lowest BCUT2D eigenvalue weighted by Crippen LogP contribution is -2.56. The van der Waals surface area contributed by atoms with Crippen molar-refractivity contribution in [3.8, 4) is 22.8 Å². The number of benzene rings is 2. The monoisotopic (exact) mass is 517 g/mol. The van der Waals surface area contributed by atoms with Crippen molar-refractivity contribution in [3.05, 3.63) is 77.7 Å². The molecular formula is C25H28FN3O6S. The van der Waals surface area contributed by atoms with Gasteiger partial charge in [0, 0.05) is 16.8 Å². The second-order valence-corrected chi connectivity index (χ2v) is 9.92. The van der Waals surface area contributed by atoms with Gasteiger partial charge in [-0.1, -0.05) is 0 Å². The summed E-state index contributed by atoms with van der Waals surface area (Å²) >= 11 is 0. The van der Waals surface area contributed by atoms with Crippen LogP contribution < -0.4 is 4.74 Å². The van der Waals surface area contributed by atoms with Crippen LogP contribution in [0.4, 0.5) is 4.39 Å². The Balaban J connectivity index is 0.000000658. The maximum absolute atomic E-state index is 13.1. The van der Waals surface area contributed by atoms with Crippen molar-refractivity contribution in [3.63, 3.8) is 0 Å². The van der Waals surface area contributed by atoms with Gasteiger partial charge in [0.1, 0.15) is 17.3 Å². The van der Waals surface area contributed by atoms with Gasteiger partial charge in [-0.05, 0) is 67.6 Å². The molecule has 2 aromatic carbocycles. The Morgan fingerprint density at radius 1 is 1.03 bits per heavy atom. The average molecular weight is 518 g/mol. The molecule has 0 bridgehead atoms. The highest BCUT2D eigenvalue weighted by Crippen LogP contribution is 2.26. The molecule has 192 valence electrons. The van der Waals surface area contributed by atoms with Crippen molar-refractivity contribution >= 4 is 16.3 Å². The Labute approximate surface area is 209 Å². The standard InChI is InChI=1S/C25H27FN3O2.H2O4S/c1-18-16-20(25(30)28-12-14-29(2,3)15-13-28)17-24(27-18)19-4-8-22(9-5-19)31-23-10-6-21(26)7-11-23;1-5(2,3)4/h4-11,16-17H,12-15H2,1-3H3;(H2,1,2,3,4)/q+1;/p-1. The molecule has 1 aliphatic heterocycles. The molecule has 1 fully saturated rings. The Kier molecular flexibility index (Phi) is 8.41. The van der Waals surface area contributed by atoms with Crippen LogP contribution in [0.15, 0.2) is 60.7 Å². The lowest BCUT2D eigenvalue weighted by molar-refractivity contribution is -0.894. The van der Waals surface area contributed by atoms with Crippen LogP contribution >= 0.6 is 0 Å². The third kappa shape index (κ3) is 8.38. The third-order valence-corrected chi connectivity index (χ3v) is 5.64. The molecule has 0 radical (unpaired) electrons. The predicted octanol–water partition coefficient (Wildman–Crippen LogP) is 3.53. The van der Waals surface area contributed by atoms with Crippen LogP contribution in [-0.2, 0) is 10.4 Å². The lowest BCUT2D eigenvalue weighted by atomic mass is 10.1. The Morgan fingerprint density at radius 3 is 2.06 bits per heavy atom. The van der Waals surface area contributed by atoms with E-state index in [9.17, 15) is 9.18 Å². The lowest BCUT2D eigenvalue weighted by Gasteiger charge is -2.39. The molecule has 4 rings (SSSR count). The molecule has 0 unspecified atom stereocenters. The number of halogens is 1. The van der Waals surface area contributed by atoms with Crippen molar-refractivity contribution in [1.82, 2.24) is 9.88 Å². The first-order valence-corrected chi connectivity index (χ1v) is 12.5. The van der Waals surface area contributed by atoms with Crippen molar-refractivity contribution in [2.75, 3.05) is 40.3 Å². The number of ether oxygens (including phenoxy) is 1. The van der Waals surface area contributed by atoms with Crippen molar-refractivity contribution in [2.45, 2.75) is 6.92 Å². The van der Waals surface area contributed by atoms with Gasteiger partial charge >= 0.3 is 0 Å². The second kappa shape index (κ2) is 11.1. The molecule has 1 saturated heterocycles. The van der Waals surface area contributed by atoms with E-state index in [1.54, 1.807) is 12.1 Å². The summed E-state index contributed by atoms with van der Waals surface area (Å²) in [5.41, 5.74) is 3.13. The average Bonchev–Trinajstić information content (AvgIpc) is 2.79. The van der Waals surface area contributed by atoms with Crippen LogP contribution in [0.25, 0.3) is 11.3 Å². The molecular weight excluding hydrogens is 489 g/mol. The van der Waals surface area contributed by atoms with Crippen molar-refractivity contribution in [1.29, 1.82) is 0 Å². The van der Waals surface area contributed by atoms with Gasteiger partial charge in [-0.3, -0.25) is 14.3 Å². The highest BCUT2D eigenvalue weighted by molar-refractivity contribution is 7.79. The van der Waals surface area contributed by atoms with Crippen molar-refractivity contribution in [2.24, 2.45) is 0 Å². The number of piperazine rings is 1. The van der Waals surface area contributed by atoms with Gasteiger partial charge in [0.25, 0.3) is 5.91 Å². The van der Waals surface area contributed by atoms with Crippen LogP contribution in [0.3, 0.4) is 0 Å². The molecule has 1 amide bonds. The molecule has 0 spiro atoms. The van der Waals surface area contributed by atoms with E-state index in [0.29, 0.717) is 17.1 Å². The van der Waals surface area contributed by atoms with Crippen LogP contribution in [-0.4, -0.2) is 78.1 Å². The van der Waals surface area contributed by atoms with E-state index in [-0.39, 0.29) is 11.7 Å². The third-order valence-electron chi connectivity index (χ3n) is 5.64. The summed E-state index contributed by atoms with van der Waals surface area (Å²) < 4.78 is 52.6. The Hall–Kier alpha value is -3.38. The molecule has 1 aromatic heterocycles. The molecule has 2 heterocycles. The highest BCUT2D eigenvalue weighted by atomic mass is 32.3. The van der Waals surface area contributed by atoms with E-state index in [0.717, 1.165) is 47.6 Å². The van der Waals surface area contributed by atoms with Gasteiger partial charge in [0.15, 0.2) is 0 Å². The number of carbonyl (C=O) groups excluding carboxylic acids is 1. The maximum Gasteiger partial charge on any atom is 0.254 e. The van der Waals surface area contributed by atoms with Crippen molar-refractivity contribution < 1.29 is 35.9 Å². The quantitative estimate of drug-likeness (QED) is 0.319. The summed E-state index contributed by atoms with van der Waals surface area (Å²) in [6.45, 7) is 5.34. The SMILES string of the molecule is Cc1cc(C(=O)N2CC[N+](C)(C)CC2)cc(-c2ccc(Oc3ccc(F)cc3)cc2)n1.O=S(=O)([O-])O. The Bertz CT molecular complexity index is 1290. The van der Waals surface area contributed by atoms with Crippen LogP contribution in [0.2, 0.25) is 0 Å². The number of aromatic nitrogens is 1. The first-order valence-electron chi connectivity index (χ1n) is 11.1. The first-order chi connectivity index (χ1) is 16.8. The topological polar surface area (TPSA) is 120 Å². The maximum atomic E-state index is 13.1. The number of nitrogens with zero attached hydrogens (tertiary/aromatic N) is 3. The first kappa shape index (κ1) is 27.2. The van der Waals surface area contributed by atoms with E-state index in [1.807, 2.05) is 48.2 Å². The molecule has 0 aliphatic carbocycles. The number of hydrogen-bond acceptors (Lipinski definition) is 6. The predicted molar refractivity (Wildman–Crippen MR) is 131 cm³/mol. The number of amides is 1. The minimum atomic E-state index is -4.92. The van der Waals surface area contributed by atoms with E-state index in [2.05, 4.69) is 19.1 Å². The van der Waals surface area contributed by atoms with E-state index in [1.165, 1.54) is 12.1 Å². The van der Waals surface area contributed by atoms with Gasteiger partial charge in [-0.2, -0.15) is 0 Å². The summed E-state index contributed by atoms with van der Waals surface area (Å²) in [5, 5.41) is 0. The molecule has 1 aliphatic rings. The van der Waals surface area contributed by atoms with Crippen LogP contribution in [0.1, 0.15) is 16.1 Å². The second-order valence-electron chi connectivity index (χ2n) is 9.07. The number of hydrogen-bond donors (Lipinski definition) is 1. The van der Waals surface area contributed by atoms with Crippen LogP contribution in [0.5, 0.6) is 11.5 Å². The number of quaternary nitrogens is 1. The fraction of sp³-hybridized carbons (Fsp3) is 0.280. The smallest absolute Gasteiger partial charge is 0.254 e. The normalized spacial score (nSPS) is 15.0. The van der Waals surface area contributed by atoms with Gasteiger partial charge in [-0.25, -0.2) is 12.8 Å². The number of pyridine rings is 1. The zero-order chi connectivity index (χ0) is 26.5. The van der Waals surface area contributed by atoms with E-state index < -0.39 is 10.4 Å². The molecule has 11 heteroatoms. The number of carbonyl (C=O) groups is 1. The Morgan fingerprint density at radius 2 is 1.53 bits per heavy atom. The summed E-state index contributed by atoms with van der Waals surface area (Å²) in [6, 6.07) is 17.1. The number of aryl methyl sites for hydroxylation is 1. The minimum Gasteiger partial charge on any atom is -0.726 e. The molecule has 9 nitrogen and oxygen atoms in total. The molecule has 3 aromatic rings.